The Balaban J connectivity index is 1.55. The summed E-state index contributed by atoms with van der Waals surface area (Å²) in [6, 6.07) is 14.8. The molecule has 4 rings (SSSR count). The first-order chi connectivity index (χ1) is 13.1. The van der Waals surface area contributed by atoms with Crippen LogP contribution in [0.4, 0.5) is 0 Å². The van der Waals surface area contributed by atoms with Gasteiger partial charge in [0.2, 0.25) is 0 Å². The average Bonchev–Trinajstić information content (AvgIpc) is 3.10. The van der Waals surface area contributed by atoms with Gasteiger partial charge in [0.15, 0.2) is 5.76 Å². The smallest absolute Gasteiger partial charge is 0.287 e. The molecule has 27 heavy (non-hydrogen) atoms. The summed E-state index contributed by atoms with van der Waals surface area (Å²) < 4.78 is 11.2. The first-order valence-electron chi connectivity index (χ1n) is 8.87. The minimum atomic E-state index is -0.241. The van der Waals surface area contributed by atoms with Gasteiger partial charge in [0, 0.05) is 40.6 Å². The molecule has 0 bridgehead atoms. The van der Waals surface area contributed by atoms with Crippen LogP contribution in [0.5, 0.6) is 0 Å². The van der Waals surface area contributed by atoms with E-state index in [1.165, 1.54) is 0 Å². The van der Waals surface area contributed by atoms with Crippen LogP contribution in [-0.4, -0.2) is 25.7 Å². The quantitative estimate of drug-likeness (QED) is 0.649. The lowest BCUT2D eigenvalue weighted by Gasteiger charge is -2.38. The van der Waals surface area contributed by atoms with Gasteiger partial charge in [0.25, 0.3) is 5.91 Å². The number of nitrogens with one attached hydrogen (secondary N) is 1. The summed E-state index contributed by atoms with van der Waals surface area (Å²) in [5, 5.41) is 5.15. The number of amides is 1. The predicted octanol–water partition coefficient (Wildman–Crippen LogP) is 5.22. The summed E-state index contributed by atoms with van der Waals surface area (Å²) in [4.78, 5) is 12.7. The third-order valence-electron chi connectivity index (χ3n) is 5.18. The number of rotatable bonds is 4. The first kappa shape index (κ1) is 18.4. The SMILES string of the molecule is O=C(NCC1(c2cccc(Cl)c2)CCOCC1)c1cc2cc(Cl)ccc2o1. The molecule has 0 radical (unpaired) electrons. The number of carbonyl (C=O) groups is 1. The van der Waals surface area contributed by atoms with Crippen molar-refractivity contribution in [1.82, 2.24) is 5.32 Å². The van der Waals surface area contributed by atoms with Gasteiger partial charge in [-0.1, -0.05) is 35.3 Å². The maximum Gasteiger partial charge on any atom is 0.287 e. The molecule has 1 saturated heterocycles. The Labute approximate surface area is 167 Å². The van der Waals surface area contributed by atoms with Crippen molar-refractivity contribution in [2.24, 2.45) is 0 Å². The number of benzene rings is 2. The maximum absolute atomic E-state index is 12.7. The molecule has 2 aromatic carbocycles. The summed E-state index contributed by atoms with van der Waals surface area (Å²) >= 11 is 12.2. The van der Waals surface area contributed by atoms with E-state index in [-0.39, 0.29) is 17.1 Å². The highest BCUT2D eigenvalue weighted by Crippen LogP contribution is 2.35. The number of carbonyl (C=O) groups excluding carboxylic acids is 1. The minimum absolute atomic E-state index is 0.200. The molecule has 0 saturated carbocycles. The second-order valence-electron chi connectivity index (χ2n) is 6.88. The van der Waals surface area contributed by atoms with Crippen LogP contribution in [0, 0.1) is 0 Å². The van der Waals surface area contributed by atoms with Gasteiger partial charge in [-0.25, -0.2) is 0 Å². The van der Waals surface area contributed by atoms with Crippen LogP contribution in [0.3, 0.4) is 0 Å². The van der Waals surface area contributed by atoms with Crippen molar-refractivity contribution in [2.45, 2.75) is 18.3 Å². The van der Waals surface area contributed by atoms with Gasteiger partial charge in [-0.2, -0.15) is 0 Å². The van der Waals surface area contributed by atoms with E-state index < -0.39 is 0 Å². The molecule has 4 nitrogen and oxygen atoms in total. The molecule has 1 N–H and O–H groups in total. The van der Waals surface area contributed by atoms with E-state index in [2.05, 4.69) is 11.4 Å². The zero-order valence-corrected chi connectivity index (χ0v) is 16.1. The average molecular weight is 404 g/mol. The Morgan fingerprint density at radius 3 is 2.59 bits per heavy atom. The molecule has 0 atom stereocenters. The van der Waals surface area contributed by atoms with Crippen molar-refractivity contribution in [1.29, 1.82) is 0 Å². The molecule has 0 unspecified atom stereocenters. The molecule has 0 spiro atoms. The van der Waals surface area contributed by atoms with Crippen LogP contribution in [0.15, 0.2) is 52.9 Å². The Morgan fingerprint density at radius 2 is 1.81 bits per heavy atom. The Hall–Kier alpha value is -2.01. The molecular formula is C21H19Cl2NO3. The lowest BCUT2D eigenvalue weighted by Crippen LogP contribution is -2.44. The highest BCUT2D eigenvalue weighted by molar-refractivity contribution is 6.31. The topological polar surface area (TPSA) is 51.5 Å². The molecule has 2 heterocycles. The largest absolute Gasteiger partial charge is 0.451 e. The van der Waals surface area contributed by atoms with Crippen LogP contribution >= 0.6 is 23.2 Å². The van der Waals surface area contributed by atoms with Crippen molar-refractivity contribution in [3.8, 4) is 0 Å². The maximum atomic E-state index is 12.7. The predicted molar refractivity (Wildman–Crippen MR) is 107 cm³/mol. The molecule has 1 aromatic heterocycles. The van der Waals surface area contributed by atoms with E-state index >= 15 is 0 Å². The molecule has 0 aliphatic carbocycles. The molecule has 6 heteroatoms. The number of furan rings is 1. The normalized spacial score (nSPS) is 16.4. The highest BCUT2D eigenvalue weighted by Gasteiger charge is 2.35. The lowest BCUT2D eigenvalue weighted by atomic mass is 9.74. The van der Waals surface area contributed by atoms with Gasteiger partial charge >= 0.3 is 0 Å². The summed E-state index contributed by atoms with van der Waals surface area (Å²) in [5.41, 5.74) is 1.56. The van der Waals surface area contributed by atoms with Gasteiger partial charge < -0.3 is 14.5 Å². The molecular weight excluding hydrogens is 385 g/mol. The van der Waals surface area contributed by atoms with Gasteiger partial charge in [0.05, 0.1) is 0 Å². The van der Waals surface area contributed by atoms with Crippen molar-refractivity contribution in [3.05, 3.63) is 69.9 Å². The van der Waals surface area contributed by atoms with Crippen LogP contribution < -0.4 is 5.32 Å². The number of halogens is 2. The number of hydrogen-bond acceptors (Lipinski definition) is 3. The van der Waals surface area contributed by atoms with Crippen molar-refractivity contribution in [3.63, 3.8) is 0 Å². The molecule has 1 fully saturated rings. The van der Waals surface area contributed by atoms with Crippen molar-refractivity contribution >= 4 is 40.1 Å². The first-order valence-corrected chi connectivity index (χ1v) is 9.62. The monoisotopic (exact) mass is 403 g/mol. The number of fused-ring (bicyclic) bond motifs is 1. The lowest BCUT2D eigenvalue weighted by molar-refractivity contribution is 0.0485. The Kier molecular flexibility index (Phi) is 5.13. The fourth-order valence-corrected chi connectivity index (χ4v) is 3.98. The van der Waals surface area contributed by atoms with E-state index in [0.717, 1.165) is 23.8 Å². The zero-order chi connectivity index (χ0) is 18.9. The van der Waals surface area contributed by atoms with E-state index in [1.807, 2.05) is 18.2 Å². The summed E-state index contributed by atoms with van der Waals surface area (Å²) in [6.07, 6.45) is 1.65. The van der Waals surface area contributed by atoms with Crippen LogP contribution in [0.1, 0.15) is 29.0 Å². The van der Waals surface area contributed by atoms with Crippen LogP contribution in [0.2, 0.25) is 10.0 Å². The molecule has 1 aliphatic heterocycles. The van der Waals surface area contributed by atoms with Crippen LogP contribution in [0.25, 0.3) is 11.0 Å². The Morgan fingerprint density at radius 1 is 1.04 bits per heavy atom. The van der Waals surface area contributed by atoms with E-state index in [4.69, 9.17) is 32.4 Å². The molecule has 3 aromatic rings. The minimum Gasteiger partial charge on any atom is -0.451 e. The highest BCUT2D eigenvalue weighted by atomic mass is 35.5. The number of ether oxygens (including phenoxy) is 1. The van der Waals surface area contributed by atoms with Crippen molar-refractivity contribution in [2.75, 3.05) is 19.8 Å². The van der Waals surface area contributed by atoms with E-state index in [0.29, 0.717) is 35.4 Å². The zero-order valence-electron chi connectivity index (χ0n) is 14.6. The third kappa shape index (κ3) is 3.84. The van der Waals surface area contributed by atoms with Gasteiger partial charge in [-0.15, -0.1) is 0 Å². The Bertz CT molecular complexity index is 976. The molecule has 140 valence electrons. The fraction of sp³-hybridized carbons (Fsp3) is 0.286. The number of hydrogen-bond donors (Lipinski definition) is 1. The van der Waals surface area contributed by atoms with Crippen molar-refractivity contribution < 1.29 is 13.9 Å². The second-order valence-corrected chi connectivity index (χ2v) is 7.75. The van der Waals surface area contributed by atoms with E-state index in [9.17, 15) is 4.79 Å². The fourth-order valence-electron chi connectivity index (χ4n) is 3.61. The van der Waals surface area contributed by atoms with Gasteiger partial charge in [-0.3, -0.25) is 4.79 Å². The molecule has 1 amide bonds. The van der Waals surface area contributed by atoms with Gasteiger partial charge in [0.1, 0.15) is 5.58 Å². The molecule has 1 aliphatic rings. The van der Waals surface area contributed by atoms with Crippen LogP contribution in [-0.2, 0) is 10.2 Å². The van der Waals surface area contributed by atoms with Gasteiger partial charge in [-0.05, 0) is 54.8 Å². The second kappa shape index (κ2) is 7.55. The standard InChI is InChI=1S/C21H19Cl2NO3/c22-16-3-1-2-15(12-16)21(6-8-26-9-7-21)13-24-20(25)19-11-14-10-17(23)4-5-18(14)27-19/h1-5,10-12H,6-9,13H2,(H,24,25). The third-order valence-corrected chi connectivity index (χ3v) is 5.65. The summed E-state index contributed by atoms with van der Waals surface area (Å²) in [7, 11) is 0. The van der Waals surface area contributed by atoms with E-state index in [1.54, 1.807) is 24.3 Å². The summed E-state index contributed by atoms with van der Waals surface area (Å²) in [6.45, 7) is 1.81. The summed E-state index contributed by atoms with van der Waals surface area (Å²) in [5.74, 6) is 0.0378.